The summed E-state index contributed by atoms with van der Waals surface area (Å²) in [5.74, 6) is -0.111. The lowest BCUT2D eigenvalue weighted by Gasteiger charge is -2.31. The number of benzene rings is 2. The number of aliphatic hydroxyl groups is 1. The van der Waals surface area contributed by atoms with E-state index in [9.17, 15) is 14.3 Å². The number of piperidine rings is 1. The molecule has 1 aliphatic carbocycles. The van der Waals surface area contributed by atoms with Crippen LogP contribution in [0.4, 0.5) is 10.1 Å². The number of hydrogen-bond acceptors (Lipinski definition) is 3. The van der Waals surface area contributed by atoms with Crippen molar-refractivity contribution in [3.05, 3.63) is 64.4 Å². The summed E-state index contributed by atoms with van der Waals surface area (Å²) in [6.45, 7) is 1.62. The van der Waals surface area contributed by atoms with E-state index in [2.05, 4.69) is 5.32 Å². The van der Waals surface area contributed by atoms with Crippen LogP contribution in [-0.2, 0) is 11.3 Å². The first-order chi connectivity index (χ1) is 13.5. The van der Waals surface area contributed by atoms with E-state index in [-0.39, 0.29) is 29.7 Å². The fourth-order valence-electron chi connectivity index (χ4n) is 3.93. The van der Waals surface area contributed by atoms with Crippen LogP contribution in [0.5, 0.6) is 0 Å². The fourth-order valence-corrected chi connectivity index (χ4v) is 4.13. The normalized spacial score (nSPS) is 22.2. The van der Waals surface area contributed by atoms with E-state index in [0.717, 1.165) is 17.5 Å². The molecule has 0 spiro atoms. The van der Waals surface area contributed by atoms with Gasteiger partial charge in [0.25, 0.3) is 0 Å². The maximum absolute atomic E-state index is 14.5. The van der Waals surface area contributed by atoms with Crippen LogP contribution >= 0.6 is 11.6 Å². The molecule has 1 aliphatic heterocycles. The van der Waals surface area contributed by atoms with Gasteiger partial charge in [0.1, 0.15) is 5.82 Å². The van der Waals surface area contributed by atoms with Gasteiger partial charge in [0.15, 0.2) is 0 Å². The highest BCUT2D eigenvalue weighted by Gasteiger charge is 2.43. The van der Waals surface area contributed by atoms with Crippen molar-refractivity contribution in [3.8, 4) is 0 Å². The van der Waals surface area contributed by atoms with Crippen molar-refractivity contribution in [2.75, 3.05) is 18.0 Å². The number of halogens is 2. The lowest BCUT2D eigenvalue weighted by Crippen LogP contribution is -2.36. The fraction of sp³-hybridized carbons (Fsp3) is 0.409. The molecule has 2 aromatic carbocycles. The first-order valence-corrected chi connectivity index (χ1v) is 10.1. The van der Waals surface area contributed by atoms with Crippen LogP contribution in [0.25, 0.3) is 0 Å². The SMILES string of the molecule is O=C(NCc1ccc(N2CCC(O)CC2)c(F)c1)[C@H]1C[C@@H]1c1cccc(Cl)c1. The van der Waals surface area contributed by atoms with Crippen molar-refractivity contribution in [1.29, 1.82) is 0 Å². The Morgan fingerprint density at radius 1 is 1.21 bits per heavy atom. The highest BCUT2D eigenvalue weighted by Crippen LogP contribution is 2.48. The summed E-state index contributed by atoms with van der Waals surface area (Å²) in [5.41, 5.74) is 2.39. The average molecular weight is 403 g/mol. The highest BCUT2D eigenvalue weighted by atomic mass is 35.5. The van der Waals surface area contributed by atoms with E-state index in [1.165, 1.54) is 6.07 Å². The van der Waals surface area contributed by atoms with Crippen molar-refractivity contribution < 1.29 is 14.3 Å². The summed E-state index contributed by atoms with van der Waals surface area (Å²) >= 11 is 6.02. The number of amides is 1. The summed E-state index contributed by atoms with van der Waals surface area (Å²) in [7, 11) is 0. The van der Waals surface area contributed by atoms with Crippen molar-refractivity contribution in [1.82, 2.24) is 5.32 Å². The quantitative estimate of drug-likeness (QED) is 0.798. The molecule has 0 unspecified atom stereocenters. The van der Waals surface area contributed by atoms with Crippen LogP contribution < -0.4 is 10.2 Å². The number of nitrogens with one attached hydrogen (secondary N) is 1. The monoisotopic (exact) mass is 402 g/mol. The molecular weight excluding hydrogens is 379 g/mol. The average Bonchev–Trinajstić information content (AvgIpc) is 3.48. The zero-order valence-electron chi connectivity index (χ0n) is 15.6. The smallest absolute Gasteiger partial charge is 0.224 e. The van der Waals surface area contributed by atoms with Gasteiger partial charge >= 0.3 is 0 Å². The number of rotatable bonds is 5. The Morgan fingerprint density at radius 2 is 2.00 bits per heavy atom. The van der Waals surface area contributed by atoms with Gasteiger partial charge < -0.3 is 15.3 Å². The standard InChI is InChI=1S/C22H24ClFN2O2/c23-16-3-1-2-15(11-16)18-12-19(18)22(28)25-13-14-4-5-21(20(24)10-14)26-8-6-17(27)7-9-26/h1-5,10-11,17-19,27H,6-9,12-13H2,(H,25,28)/t18-,19+/m1/s1. The maximum atomic E-state index is 14.5. The van der Waals surface area contributed by atoms with Gasteiger partial charge in [0.2, 0.25) is 5.91 Å². The highest BCUT2D eigenvalue weighted by molar-refractivity contribution is 6.30. The third kappa shape index (κ3) is 4.31. The summed E-state index contributed by atoms with van der Waals surface area (Å²) in [6, 6.07) is 12.7. The lowest BCUT2D eigenvalue weighted by atomic mass is 10.1. The summed E-state index contributed by atoms with van der Waals surface area (Å²) in [6.07, 6.45) is 1.85. The van der Waals surface area contributed by atoms with Crippen LogP contribution in [0.1, 0.15) is 36.3 Å². The second-order valence-corrected chi connectivity index (χ2v) is 8.16. The van der Waals surface area contributed by atoms with Crippen LogP contribution in [-0.4, -0.2) is 30.2 Å². The molecule has 2 aliphatic rings. The first-order valence-electron chi connectivity index (χ1n) is 9.76. The van der Waals surface area contributed by atoms with Crippen molar-refractivity contribution in [2.24, 2.45) is 5.92 Å². The number of carbonyl (C=O) groups is 1. The van der Waals surface area contributed by atoms with Gasteiger partial charge in [-0.1, -0.05) is 29.8 Å². The van der Waals surface area contributed by atoms with E-state index in [1.807, 2.05) is 35.2 Å². The van der Waals surface area contributed by atoms with Crippen LogP contribution in [0.2, 0.25) is 5.02 Å². The topological polar surface area (TPSA) is 52.6 Å². The third-order valence-corrected chi connectivity index (χ3v) is 5.92. The Bertz CT molecular complexity index is 867. The molecular formula is C22H24ClFN2O2. The van der Waals surface area contributed by atoms with Crippen LogP contribution in [0.15, 0.2) is 42.5 Å². The zero-order chi connectivity index (χ0) is 19.7. The lowest BCUT2D eigenvalue weighted by molar-refractivity contribution is -0.122. The summed E-state index contributed by atoms with van der Waals surface area (Å²) < 4.78 is 14.5. The molecule has 28 heavy (non-hydrogen) atoms. The van der Waals surface area contributed by atoms with Crippen molar-refractivity contribution >= 4 is 23.2 Å². The molecule has 1 saturated heterocycles. The minimum absolute atomic E-state index is 0.000483. The molecule has 148 valence electrons. The van der Waals surface area contributed by atoms with E-state index < -0.39 is 0 Å². The largest absolute Gasteiger partial charge is 0.393 e. The van der Waals surface area contributed by atoms with Gasteiger partial charge in [0.05, 0.1) is 11.8 Å². The maximum Gasteiger partial charge on any atom is 0.224 e. The summed E-state index contributed by atoms with van der Waals surface area (Å²) in [4.78, 5) is 14.4. The summed E-state index contributed by atoms with van der Waals surface area (Å²) in [5, 5.41) is 13.2. The third-order valence-electron chi connectivity index (χ3n) is 5.69. The Morgan fingerprint density at radius 3 is 2.71 bits per heavy atom. The molecule has 4 rings (SSSR count). The Kier molecular flexibility index (Phi) is 5.56. The second kappa shape index (κ2) is 8.10. The zero-order valence-corrected chi connectivity index (χ0v) is 16.3. The van der Waals surface area contributed by atoms with Gasteiger partial charge in [-0.15, -0.1) is 0 Å². The van der Waals surface area contributed by atoms with Crippen LogP contribution in [0, 0.1) is 11.7 Å². The van der Waals surface area contributed by atoms with Gasteiger partial charge in [-0.2, -0.15) is 0 Å². The van der Waals surface area contributed by atoms with Gasteiger partial charge in [-0.25, -0.2) is 4.39 Å². The van der Waals surface area contributed by atoms with Gasteiger partial charge in [-0.3, -0.25) is 4.79 Å². The Balaban J connectivity index is 1.31. The Labute approximate surface area is 169 Å². The molecule has 4 nitrogen and oxygen atoms in total. The van der Waals surface area contributed by atoms with E-state index >= 15 is 0 Å². The van der Waals surface area contributed by atoms with E-state index in [4.69, 9.17) is 11.6 Å². The van der Waals surface area contributed by atoms with E-state index in [1.54, 1.807) is 6.07 Å². The minimum Gasteiger partial charge on any atom is -0.393 e. The van der Waals surface area contributed by atoms with Gasteiger partial charge in [-0.05, 0) is 60.6 Å². The number of hydrogen-bond donors (Lipinski definition) is 2. The molecule has 1 saturated carbocycles. The van der Waals surface area contributed by atoms with Crippen molar-refractivity contribution in [3.63, 3.8) is 0 Å². The number of aliphatic hydroxyl groups excluding tert-OH is 1. The molecule has 0 aromatic heterocycles. The molecule has 1 amide bonds. The predicted octanol–water partition coefficient (Wildman–Crippen LogP) is 3.86. The van der Waals surface area contributed by atoms with E-state index in [0.29, 0.717) is 43.2 Å². The first kappa shape index (κ1) is 19.2. The Hall–Kier alpha value is -2.11. The molecule has 2 atom stereocenters. The van der Waals surface area contributed by atoms with Gasteiger partial charge in [0, 0.05) is 30.6 Å². The molecule has 1 heterocycles. The van der Waals surface area contributed by atoms with Crippen LogP contribution in [0.3, 0.4) is 0 Å². The minimum atomic E-state index is -0.286. The molecule has 2 N–H and O–H groups in total. The molecule has 6 heteroatoms. The number of nitrogens with zero attached hydrogens (tertiary/aromatic N) is 1. The molecule has 0 bridgehead atoms. The predicted molar refractivity (Wildman–Crippen MR) is 108 cm³/mol. The van der Waals surface area contributed by atoms with Crippen molar-refractivity contribution in [2.45, 2.75) is 37.8 Å². The number of carbonyl (C=O) groups excluding carboxylic acids is 1. The molecule has 2 aromatic rings. The number of anilines is 1. The second-order valence-electron chi connectivity index (χ2n) is 7.73. The molecule has 0 radical (unpaired) electrons. The molecule has 2 fully saturated rings.